The van der Waals surface area contributed by atoms with Crippen LogP contribution in [0.5, 0.6) is 5.75 Å². The summed E-state index contributed by atoms with van der Waals surface area (Å²) in [5, 5.41) is 7.74. The topological polar surface area (TPSA) is 69.0 Å². The van der Waals surface area contributed by atoms with Crippen LogP contribution in [-0.4, -0.2) is 27.8 Å². The van der Waals surface area contributed by atoms with Gasteiger partial charge in [0.15, 0.2) is 5.82 Å². The summed E-state index contributed by atoms with van der Waals surface area (Å²) in [5.41, 5.74) is 2.83. The van der Waals surface area contributed by atoms with E-state index in [9.17, 15) is 4.79 Å². The van der Waals surface area contributed by atoms with Crippen LogP contribution < -0.4 is 10.1 Å². The standard InChI is InChI=1S/C24H22N4O2/c1-30-21-14-12-19(13-15-21)17-25-24-26-23(20-10-6-3-7-11-20)27-28(24)22(29)16-18-8-4-2-5-9-18/h2-15H,16-17H2,1H3,(H,25,26,27). The Labute approximate surface area is 175 Å². The Morgan fingerprint density at radius 3 is 2.23 bits per heavy atom. The smallest absolute Gasteiger partial charge is 0.254 e. The van der Waals surface area contributed by atoms with Gasteiger partial charge in [-0.1, -0.05) is 72.8 Å². The highest BCUT2D eigenvalue weighted by Gasteiger charge is 2.17. The largest absolute Gasteiger partial charge is 0.497 e. The molecule has 30 heavy (non-hydrogen) atoms. The molecule has 4 rings (SSSR count). The zero-order valence-corrected chi connectivity index (χ0v) is 16.7. The number of benzene rings is 3. The first kappa shape index (κ1) is 19.4. The fraction of sp³-hybridized carbons (Fsp3) is 0.125. The number of hydrogen-bond acceptors (Lipinski definition) is 5. The number of aromatic nitrogens is 3. The third-order valence-corrected chi connectivity index (χ3v) is 4.68. The van der Waals surface area contributed by atoms with Gasteiger partial charge in [-0.15, -0.1) is 5.10 Å². The fourth-order valence-corrected chi connectivity index (χ4v) is 3.08. The lowest BCUT2D eigenvalue weighted by Gasteiger charge is -2.08. The Bertz CT molecular complexity index is 1110. The van der Waals surface area contributed by atoms with Gasteiger partial charge < -0.3 is 10.1 Å². The Morgan fingerprint density at radius 1 is 0.900 bits per heavy atom. The minimum atomic E-state index is -0.145. The number of methoxy groups -OCH3 is 1. The Balaban J connectivity index is 1.59. The molecule has 1 aromatic heterocycles. The van der Waals surface area contributed by atoms with E-state index >= 15 is 0 Å². The van der Waals surface area contributed by atoms with E-state index in [1.165, 1.54) is 4.68 Å². The molecule has 0 saturated carbocycles. The normalized spacial score (nSPS) is 10.6. The molecule has 0 saturated heterocycles. The molecular formula is C24H22N4O2. The molecule has 0 spiro atoms. The average molecular weight is 398 g/mol. The molecule has 1 N–H and O–H groups in total. The molecule has 0 radical (unpaired) electrons. The van der Waals surface area contributed by atoms with Crippen molar-refractivity contribution in [1.29, 1.82) is 0 Å². The van der Waals surface area contributed by atoms with Gasteiger partial charge in [0.2, 0.25) is 5.95 Å². The summed E-state index contributed by atoms with van der Waals surface area (Å²) in [4.78, 5) is 17.6. The van der Waals surface area contributed by atoms with Crippen molar-refractivity contribution in [1.82, 2.24) is 14.8 Å². The quantitative estimate of drug-likeness (QED) is 0.498. The Morgan fingerprint density at radius 2 is 1.57 bits per heavy atom. The van der Waals surface area contributed by atoms with Crippen molar-refractivity contribution >= 4 is 11.9 Å². The highest BCUT2D eigenvalue weighted by molar-refractivity contribution is 5.83. The Hall–Kier alpha value is -3.93. The average Bonchev–Trinajstić information content (AvgIpc) is 3.24. The lowest BCUT2D eigenvalue weighted by molar-refractivity contribution is 0.0901. The number of carbonyl (C=O) groups excluding carboxylic acids is 1. The number of carbonyl (C=O) groups is 1. The highest BCUT2D eigenvalue weighted by atomic mass is 16.5. The summed E-state index contributed by atoms with van der Waals surface area (Å²) in [7, 11) is 1.64. The monoisotopic (exact) mass is 398 g/mol. The molecule has 0 aliphatic heterocycles. The van der Waals surface area contributed by atoms with Crippen LogP contribution in [0, 0.1) is 0 Å². The maximum Gasteiger partial charge on any atom is 0.254 e. The summed E-state index contributed by atoms with van der Waals surface area (Å²) < 4.78 is 6.56. The second-order valence-electron chi connectivity index (χ2n) is 6.79. The summed E-state index contributed by atoms with van der Waals surface area (Å²) in [6.45, 7) is 0.509. The van der Waals surface area contributed by atoms with E-state index < -0.39 is 0 Å². The molecule has 6 nitrogen and oxygen atoms in total. The number of anilines is 1. The van der Waals surface area contributed by atoms with Gasteiger partial charge in [0, 0.05) is 12.1 Å². The van der Waals surface area contributed by atoms with Gasteiger partial charge in [-0.05, 0) is 23.3 Å². The van der Waals surface area contributed by atoms with E-state index in [-0.39, 0.29) is 12.3 Å². The molecule has 0 aliphatic carbocycles. The molecule has 6 heteroatoms. The Kier molecular flexibility index (Phi) is 5.85. The molecule has 1 heterocycles. The van der Waals surface area contributed by atoms with Crippen molar-refractivity contribution < 1.29 is 9.53 Å². The zero-order valence-electron chi connectivity index (χ0n) is 16.7. The van der Waals surface area contributed by atoms with Crippen molar-refractivity contribution in [3.8, 4) is 17.1 Å². The number of rotatable bonds is 7. The third-order valence-electron chi connectivity index (χ3n) is 4.68. The van der Waals surface area contributed by atoms with Crippen LogP contribution in [0.1, 0.15) is 15.9 Å². The van der Waals surface area contributed by atoms with Gasteiger partial charge in [0.1, 0.15) is 5.75 Å². The fourth-order valence-electron chi connectivity index (χ4n) is 3.08. The maximum atomic E-state index is 13.0. The number of hydrogen-bond donors (Lipinski definition) is 1. The second-order valence-corrected chi connectivity index (χ2v) is 6.79. The minimum absolute atomic E-state index is 0.145. The number of nitrogens with zero attached hydrogens (tertiary/aromatic N) is 3. The van der Waals surface area contributed by atoms with Crippen LogP contribution in [0.3, 0.4) is 0 Å². The molecule has 0 fully saturated rings. The molecule has 150 valence electrons. The second kappa shape index (κ2) is 9.05. The molecule has 0 aliphatic rings. The van der Waals surface area contributed by atoms with Crippen LogP contribution in [0.2, 0.25) is 0 Å². The molecule has 0 amide bonds. The maximum absolute atomic E-state index is 13.0. The number of ether oxygens (including phenoxy) is 1. The summed E-state index contributed by atoms with van der Waals surface area (Å²) >= 11 is 0. The van der Waals surface area contributed by atoms with E-state index in [0.717, 1.165) is 22.4 Å². The van der Waals surface area contributed by atoms with E-state index in [2.05, 4.69) is 15.4 Å². The van der Waals surface area contributed by atoms with Gasteiger partial charge >= 0.3 is 0 Å². The first-order chi connectivity index (χ1) is 14.7. The van der Waals surface area contributed by atoms with Gasteiger partial charge in [-0.2, -0.15) is 9.67 Å². The predicted octanol–water partition coefficient (Wildman–Crippen LogP) is 4.45. The predicted molar refractivity (Wildman–Crippen MR) is 117 cm³/mol. The van der Waals surface area contributed by atoms with Gasteiger partial charge in [-0.3, -0.25) is 4.79 Å². The van der Waals surface area contributed by atoms with Gasteiger partial charge in [0.05, 0.1) is 13.5 Å². The van der Waals surface area contributed by atoms with E-state index in [1.54, 1.807) is 7.11 Å². The number of nitrogens with one attached hydrogen (secondary N) is 1. The zero-order chi connectivity index (χ0) is 20.8. The third kappa shape index (κ3) is 4.55. The van der Waals surface area contributed by atoms with Crippen molar-refractivity contribution in [2.75, 3.05) is 12.4 Å². The van der Waals surface area contributed by atoms with Crippen molar-refractivity contribution in [2.24, 2.45) is 0 Å². The van der Waals surface area contributed by atoms with Gasteiger partial charge in [0.25, 0.3) is 5.91 Å². The lowest BCUT2D eigenvalue weighted by Crippen LogP contribution is -2.18. The lowest BCUT2D eigenvalue weighted by atomic mass is 10.1. The summed E-state index contributed by atoms with van der Waals surface area (Å²) in [6.07, 6.45) is 0.246. The van der Waals surface area contributed by atoms with Crippen LogP contribution in [0.4, 0.5) is 5.95 Å². The van der Waals surface area contributed by atoms with E-state index in [1.807, 2.05) is 84.9 Å². The van der Waals surface area contributed by atoms with Gasteiger partial charge in [-0.25, -0.2) is 0 Å². The molecule has 4 aromatic rings. The summed E-state index contributed by atoms with van der Waals surface area (Å²) in [5.74, 6) is 1.58. The minimum Gasteiger partial charge on any atom is -0.497 e. The van der Waals surface area contributed by atoms with Crippen LogP contribution in [0.15, 0.2) is 84.9 Å². The molecular weight excluding hydrogens is 376 g/mol. The van der Waals surface area contributed by atoms with Crippen LogP contribution in [-0.2, 0) is 13.0 Å². The highest BCUT2D eigenvalue weighted by Crippen LogP contribution is 2.19. The SMILES string of the molecule is COc1ccc(CNc2nc(-c3ccccc3)nn2C(=O)Cc2ccccc2)cc1. The molecule has 0 bridgehead atoms. The summed E-state index contributed by atoms with van der Waals surface area (Å²) in [6, 6.07) is 27.0. The van der Waals surface area contributed by atoms with Crippen LogP contribution in [0.25, 0.3) is 11.4 Å². The molecule has 0 unspecified atom stereocenters. The molecule has 3 aromatic carbocycles. The van der Waals surface area contributed by atoms with Crippen molar-refractivity contribution in [3.63, 3.8) is 0 Å². The van der Waals surface area contributed by atoms with E-state index in [0.29, 0.717) is 18.3 Å². The van der Waals surface area contributed by atoms with Crippen molar-refractivity contribution in [2.45, 2.75) is 13.0 Å². The van der Waals surface area contributed by atoms with Crippen LogP contribution >= 0.6 is 0 Å². The first-order valence-corrected chi connectivity index (χ1v) is 9.69. The van der Waals surface area contributed by atoms with Crippen molar-refractivity contribution in [3.05, 3.63) is 96.1 Å². The molecule has 0 atom stereocenters. The van der Waals surface area contributed by atoms with E-state index in [4.69, 9.17) is 4.74 Å². The first-order valence-electron chi connectivity index (χ1n) is 9.69.